The zero-order valence-electron chi connectivity index (χ0n) is 13.8. The van der Waals surface area contributed by atoms with Gasteiger partial charge in [0.15, 0.2) is 0 Å². The minimum absolute atomic E-state index is 0.315. The Balaban J connectivity index is 2.06. The van der Waals surface area contributed by atoms with Gasteiger partial charge in [-0.05, 0) is 42.1 Å². The lowest BCUT2D eigenvalue weighted by atomic mass is 9.96. The molecule has 0 atom stereocenters. The quantitative estimate of drug-likeness (QED) is 0.581. The molecule has 0 bridgehead atoms. The van der Waals surface area contributed by atoms with Crippen LogP contribution in [0.2, 0.25) is 0 Å². The van der Waals surface area contributed by atoms with Crippen molar-refractivity contribution in [2.75, 3.05) is 6.61 Å². The molecule has 0 saturated heterocycles. The number of benzene rings is 2. The van der Waals surface area contributed by atoms with Crippen molar-refractivity contribution in [3.05, 3.63) is 72.6 Å². The molecule has 4 heteroatoms. The Bertz CT molecular complexity index is 1090. The fraction of sp³-hybridized carbons (Fsp3) is 0.0952. The maximum absolute atomic E-state index is 11.9. The molecule has 0 spiro atoms. The van der Waals surface area contributed by atoms with Crippen LogP contribution in [0.5, 0.6) is 5.75 Å². The van der Waals surface area contributed by atoms with Gasteiger partial charge in [0.05, 0.1) is 17.7 Å². The normalized spacial score (nSPS) is 11.1. The minimum Gasteiger partial charge on any atom is -0.493 e. The number of carbonyl (C=O) groups is 1. The molecule has 124 valence electrons. The molecule has 0 saturated carbocycles. The number of rotatable bonds is 4. The number of aromatic carboxylic acids is 1. The van der Waals surface area contributed by atoms with E-state index in [4.69, 9.17) is 4.74 Å². The first kappa shape index (κ1) is 15.3. The third-order valence-electron chi connectivity index (χ3n) is 4.37. The molecule has 25 heavy (non-hydrogen) atoms. The maximum Gasteiger partial charge on any atom is 0.338 e. The van der Waals surface area contributed by atoms with Gasteiger partial charge in [-0.2, -0.15) is 0 Å². The molecular formula is C21H17NO3. The predicted octanol–water partition coefficient (Wildman–Crippen LogP) is 4.86. The van der Waals surface area contributed by atoms with E-state index in [2.05, 4.69) is 0 Å². The Morgan fingerprint density at radius 1 is 1.00 bits per heavy atom. The number of pyridine rings is 1. The summed E-state index contributed by atoms with van der Waals surface area (Å²) < 4.78 is 7.58. The zero-order valence-corrected chi connectivity index (χ0v) is 13.8. The molecule has 4 nitrogen and oxygen atoms in total. The van der Waals surface area contributed by atoms with Crippen LogP contribution in [0.4, 0.5) is 0 Å². The summed E-state index contributed by atoms with van der Waals surface area (Å²) >= 11 is 0. The van der Waals surface area contributed by atoms with Crippen LogP contribution >= 0.6 is 0 Å². The van der Waals surface area contributed by atoms with E-state index in [0.29, 0.717) is 23.3 Å². The van der Waals surface area contributed by atoms with Gasteiger partial charge in [-0.15, -0.1) is 0 Å². The molecule has 2 aromatic carbocycles. The molecule has 0 fully saturated rings. The minimum atomic E-state index is -0.929. The molecule has 1 N–H and O–H groups in total. The number of nitrogens with zero attached hydrogens (tertiary/aromatic N) is 1. The largest absolute Gasteiger partial charge is 0.493 e. The third-order valence-corrected chi connectivity index (χ3v) is 4.37. The highest BCUT2D eigenvalue weighted by atomic mass is 16.5. The molecule has 0 aliphatic carbocycles. The second kappa shape index (κ2) is 5.98. The summed E-state index contributed by atoms with van der Waals surface area (Å²) in [4.78, 5) is 11.9. The van der Waals surface area contributed by atoms with Gasteiger partial charge in [0.2, 0.25) is 0 Å². The van der Waals surface area contributed by atoms with Crippen LogP contribution < -0.4 is 4.74 Å². The Morgan fingerprint density at radius 2 is 1.76 bits per heavy atom. The van der Waals surface area contributed by atoms with Crippen LogP contribution in [0, 0.1) is 0 Å². The Morgan fingerprint density at radius 3 is 2.52 bits per heavy atom. The van der Waals surface area contributed by atoms with Crippen molar-refractivity contribution < 1.29 is 14.6 Å². The number of aromatic nitrogens is 1. The van der Waals surface area contributed by atoms with Gasteiger partial charge < -0.3 is 14.2 Å². The number of hydrogen-bond donors (Lipinski definition) is 1. The third kappa shape index (κ3) is 2.43. The molecule has 0 aliphatic heterocycles. The van der Waals surface area contributed by atoms with Gasteiger partial charge in [0.1, 0.15) is 5.75 Å². The molecule has 0 amide bonds. The second-order valence-electron chi connectivity index (χ2n) is 5.81. The Hall–Kier alpha value is -3.27. The summed E-state index contributed by atoms with van der Waals surface area (Å²) in [6.07, 6.45) is 3.74. The van der Waals surface area contributed by atoms with Crippen molar-refractivity contribution in [3.8, 4) is 16.9 Å². The van der Waals surface area contributed by atoms with E-state index in [1.807, 2.05) is 78.3 Å². The van der Waals surface area contributed by atoms with Crippen LogP contribution in [0.15, 0.2) is 67.0 Å². The Labute approximate surface area is 144 Å². The van der Waals surface area contributed by atoms with Gasteiger partial charge in [0.25, 0.3) is 0 Å². The number of carboxylic acids is 1. The van der Waals surface area contributed by atoms with Crippen LogP contribution in [-0.2, 0) is 0 Å². The lowest BCUT2D eigenvalue weighted by Crippen LogP contribution is -1.98. The highest BCUT2D eigenvalue weighted by Gasteiger charge is 2.20. The highest BCUT2D eigenvalue weighted by Crippen LogP contribution is 2.37. The molecule has 4 aromatic rings. The monoisotopic (exact) mass is 331 g/mol. The molecule has 4 rings (SSSR count). The molecule has 2 aromatic heterocycles. The van der Waals surface area contributed by atoms with Crippen molar-refractivity contribution in [2.24, 2.45) is 0 Å². The van der Waals surface area contributed by atoms with E-state index in [1.54, 1.807) is 0 Å². The smallest absolute Gasteiger partial charge is 0.338 e. The number of ether oxygens (including phenoxy) is 1. The van der Waals surface area contributed by atoms with E-state index in [-0.39, 0.29) is 0 Å². The SMILES string of the molecule is CCOc1ccc(-c2cn3ccccc3c2C(=O)O)c2ccccc12. The molecular weight excluding hydrogens is 314 g/mol. The van der Waals surface area contributed by atoms with Gasteiger partial charge in [-0.25, -0.2) is 4.79 Å². The van der Waals surface area contributed by atoms with E-state index < -0.39 is 5.97 Å². The van der Waals surface area contributed by atoms with Crippen molar-refractivity contribution in [2.45, 2.75) is 6.92 Å². The summed E-state index contributed by atoms with van der Waals surface area (Å²) in [6.45, 7) is 2.53. The average molecular weight is 331 g/mol. The van der Waals surface area contributed by atoms with Gasteiger partial charge >= 0.3 is 5.97 Å². The summed E-state index contributed by atoms with van der Waals surface area (Å²) in [5.74, 6) is -0.121. The van der Waals surface area contributed by atoms with Crippen molar-refractivity contribution in [1.82, 2.24) is 4.40 Å². The fourth-order valence-corrected chi connectivity index (χ4v) is 3.34. The molecule has 0 radical (unpaired) electrons. The fourth-order valence-electron chi connectivity index (χ4n) is 3.34. The van der Waals surface area contributed by atoms with Gasteiger partial charge in [-0.1, -0.05) is 30.3 Å². The van der Waals surface area contributed by atoms with Crippen LogP contribution in [-0.4, -0.2) is 22.1 Å². The van der Waals surface area contributed by atoms with E-state index in [1.165, 1.54) is 0 Å². The lowest BCUT2D eigenvalue weighted by Gasteiger charge is -2.11. The van der Waals surface area contributed by atoms with Crippen LogP contribution in [0.3, 0.4) is 0 Å². The maximum atomic E-state index is 11.9. The summed E-state index contributed by atoms with van der Waals surface area (Å²) in [6, 6.07) is 17.3. The number of carboxylic acid groups (broad SMARTS) is 1. The molecule has 0 unspecified atom stereocenters. The van der Waals surface area contributed by atoms with Gasteiger partial charge in [-0.3, -0.25) is 0 Å². The second-order valence-corrected chi connectivity index (χ2v) is 5.81. The first-order valence-electron chi connectivity index (χ1n) is 8.18. The number of fused-ring (bicyclic) bond motifs is 2. The topological polar surface area (TPSA) is 50.9 Å². The highest BCUT2D eigenvalue weighted by molar-refractivity contribution is 6.09. The standard InChI is InChI=1S/C21H17NO3/c1-2-25-19-11-10-15(14-7-3-4-8-16(14)19)17-13-22-12-6-5-9-18(22)20(17)21(23)24/h3-13H,2H2,1H3,(H,23,24). The van der Waals surface area contributed by atoms with E-state index >= 15 is 0 Å². The van der Waals surface area contributed by atoms with Crippen molar-refractivity contribution in [3.63, 3.8) is 0 Å². The predicted molar refractivity (Wildman–Crippen MR) is 98.5 cm³/mol. The zero-order chi connectivity index (χ0) is 17.4. The van der Waals surface area contributed by atoms with E-state index in [0.717, 1.165) is 22.1 Å². The van der Waals surface area contributed by atoms with E-state index in [9.17, 15) is 9.90 Å². The summed E-state index contributed by atoms with van der Waals surface area (Å²) in [5.41, 5.74) is 2.59. The molecule has 2 heterocycles. The summed E-state index contributed by atoms with van der Waals surface area (Å²) in [5, 5.41) is 11.7. The molecule has 0 aliphatic rings. The Kier molecular flexibility index (Phi) is 3.65. The lowest BCUT2D eigenvalue weighted by molar-refractivity contribution is 0.0700. The number of hydrogen-bond acceptors (Lipinski definition) is 2. The summed E-state index contributed by atoms with van der Waals surface area (Å²) in [7, 11) is 0. The van der Waals surface area contributed by atoms with Crippen molar-refractivity contribution >= 4 is 22.3 Å². The average Bonchev–Trinajstić information content (AvgIpc) is 3.01. The first-order chi connectivity index (χ1) is 12.2. The van der Waals surface area contributed by atoms with Gasteiger partial charge in [0, 0.05) is 23.3 Å². The van der Waals surface area contributed by atoms with Crippen LogP contribution in [0.1, 0.15) is 17.3 Å². The first-order valence-corrected chi connectivity index (χ1v) is 8.18. The van der Waals surface area contributed by atoms with Crippen molar-refractivity contribution in [1.29, 1.82) is 0 Å². The van der Waals surface area contributed by atoms with Crippen LogP contribution in [0.25, 0.3) is 27.4 Å².